The Bertz CT molecular complexity index is 385. The zero-order valence-corrected chi connectivity index (χ0v) is 11.8. The smallest absolute Gasteiger partial charge is 0.224 e. The maximum atomic E-state index is 12.4. The minimum absolute atomic E-state index is 0.283. The standard InChI is InChI=1S/C16H24N2O/c1-2-11-18(13-14-7-4-3-5-8-14)16(19)12-15-9-6-10-17-15/h3-5,7-8,15,17H,2,6,9-13H2,1H3. The first-order valence-corrected chi connectivity index (χ1v) is 7.34. The molecule has 0 radical (unpaired) electrons. The molecule has 2 rings (SSSR count). The summed E-state index contributed by atoms with van der Waals surface area (Å²) in [6.45, 7) is 4.77. The molecule has 1 aromatic rings. The molecule has 1 heterocycles. The summed E-state index contributed by atoms with van der Waals surface area (Å²) in [5.41, 5.74) is 1.21. The second-order valence-corrected chi connectivity index (χ2v) is 5.30. The summed E-state index contributed by atoms with van der Waals surface area (Å²) in [5.74, 6) is 0.283. The second-order valence-electron chi connectivity index (χ2n) is 5.30. The van der Waals surface area contributed by atoms with Crippen LogP contribution < -0.4 is 5.32 Å². The van der Waals surface area contributed by atoms with Crippen molar-refractivity contribution >= 4 is 5.91 Å². The summed E-state index contributed by atoms with van der Waals surface area (Å²) < 4.78 is 0. The third kappa shape index (κ3) is 4.35. The predicted octanol–water partition coefficient (Wildman–Crippen LogP) is 2.57. The van der Waals surface area contributed by atoms with Crippen LogP contribution in [0.1, 0.15) is 38.2 Å². The Morgan fingerprint density at radius 2 is 2.16 bits per heavy atom. The highest BCUT2D eigenvalue weighted by Crippen LogP contribution is 2.13. The van der Waals surface area contributed by atoms with E-state index in [4.69, 9.17) is 0 Å². The number of nitrogens with zero attached hydrogens (tertiary/aromatic N) is 1. The molecule has 0 spiro atoms. The van der Waals surface area contributed by atoms with E-state index in [1.54, 1.807) is 0 Å². The van der Waals surface area contributed by atoms with Crippen LogP contribution in [0.2, 0.25) is 0 Å². The van der Waals surface area contributed by atoms with Gasteiger partial charge in [-0.25, -0.2) is 0 Å². The average Bonchev–Trinajstić information content (AvgIpc) is 2.92. The number of hydrogen-bond donors (Lipinski definition) is 1. The summed E-state index contributed by atoms with van der Waals surface area (Å²) in [6, 6.07) is 10.6. The summed E-state index contributed by atoms with van der Waals surface area (Å²) >= 11 is 0. The molecule has 104 valence electrons. The lowest BCUT2D eigenvalue weighted by atomic mass is 10.1. The molecular weight excluding hydrogens is 236 g/mol. The van der Waals surface area contributed by atoms with Gasteiger partial charge in [-0.15, -0.1) is 0 Å². The number of benzene rings is 1. The van der Waals surface area contributed by atoms with Gasteiger partial charge in [0.15, 0.2) is 0 Å². The van der Waals surface area contributed by atoms with Crippen molar-refractivity contribution in [1.82, 2.24) is 10.2 Å². The zero-order chi connectivity index (χ0) is 13.5. The van der Waals surface area contributed by atoms with Crippen LogP contribution in [0.5, 0.6) is 0 Å². The van der Waals surface area contributed by atoms with E-state index in [1.165, 1.54) is 12.0 Å². The number of carbonyl (C=O) groups is 1. The Morgan fingerprint density at radius 3 is 2.79 bits per heavy atom. The topological polar surface area (TPSA) is 32.3 Å². The van der Waals surface area contributed by atoms with Gasteiger partial charge in [0.2, 0.25) is 5.91 Å². The van der Waals surface area contributed by atoms with Crippen molar-refractivity contribution in [1.29, 1.82) is 0 Å². The van der Waals surface area contributed by atoms with E-state index in [-0.39, 0.29) is 5.91 Å². The van der Waals surface area contributed by atoms with E-state index in [0.29, 0.717) is 12.5 Å². The molecular formula is C16H24N2O. The van der Waals surface area contributed by atoms with Gasteiger partial charge in [0.1, 0.15) is 0 Å². The van der Waals surface area contributed by atoms with Crippen LogP contribution in [0.3, 0.4) is 0 Å². The van der Waals surface area contributed by atoms with Gasteiger partial charge in [0.25, 0.3) is 0 Å². The number of hydrogen-bond acceptors (Lipinski definition) is 2. The Labute approximate surface area is 116 Å². The number of amides is 1. The van der Waals surface area contributed by atoms with E-state index in [1.807, 2.05) is 23.1 Å². The molecule has 0 saturated carbocycles. The van der Waals surface area contributed by atoms with Gasteiger partial charge in [-0.3, -0.25) is 4.79 Å². The molecule has 1 atom stereocenters. The molecule has 0 aliphatic carbocycles. The molecule has 0 aromatic heterocycles. The van der Waals surface area contributed by atoms with Crippen molar-refractivity contribution < 1.29 is 4.79 Å². The molecule has 1 aliphatic heterocycles. The van der Waals surface area contributed by atoms with Crippen molar-refractivity contribution in [3.8, 4) is 0 Å². The average molecular weight is 260 g/mol. The SMILES string of the molecule is CCCN(Cc1ccccc1)C(=O)CC1CCCN1. The van der Waals surface area contributed by atoms with Crippen LogP contribution in [0.4, 0.5) is 0 Å². The van der Waals surface area contributed by atoms with Gasteiger partial charge in [0.05, 0.1) is 0 Å². The summed E-state index contributed by atoms with van der Waals surface area (Å²) in [4.78, 5) is 14.4. The summed E-state index contributed by atoms with van der Waals surface area (Å²) in [5, 5.41) is 3.40. The lowest BCUT2D eigenvalue weighted by Gasteiger charge is -2.24. The van der Waals surface area contributed by atoms with E-state index >= 15 is 0 Å². The van der Waals surface area contributed by atoms with E-state index in [2.05, 4.69) is 24.4 Å². The van der Waals surface area contributed by atoms with Crippen LogP contribution in [0.15, 0.2) is 30.3 Å². The molecule has 1 fully saturated rings. The summed E-state index contributed by atoms with van der Waals surface area (Å²) in [7, 11) is 0. The Hall–Kier alpha value is -1.35. The molecule has 1 amide bonds. The molecule has 1 unspecified atom stereocenters. The fourth-order valence-electron chi connectivity index (χ4n) is 2.64. The highest BCUT2D eigenvalue weighted by molar-refractivity contribution is 5.76. The molecule has 0 bridgehead atoms. The van der Waals surface area contributed by atoms with E-state index in [0.717, 1.165) is 32.5 Å². The molecule has 19 heavy (non-hydrogen) atoms. The first-order chi connectivity index (χ1) is 9.29. The van der Waals surface area contributed by atoms with Crippen molar-refractivity contribution in [3.05, 3.63) is 35.9 Å². The quantitative estimate of drug-likeness (QED) is 0.852. The van der Waals surface area contributed by atoms with Gasteiger partial charge in [0, 0.05) is 25.6 Å². The molecule has 1 aromatic carbocycles. The van der Waals surface area contributed by atoms with Crippen LogP contribution in [-0.4, -0.2) is 29.9 Å². The highest BCUT2D eigenvalue weighted by Gasteiger charge is 2.21. The van der Waals surface area contributed by atoms with Crippen molar-refractivity contribution in [2.24, 2.45) is 0 Å². The zero-order valence-electron chi connectivity index (χ0n) is 11.8. The minimum atomic E-state index is 0.283. The lowest BCUT2D eigenvalue weighted by Crippen LogP contribution is -2.36. The van der Waals surface area contributed by atoms with Gasteiger partial charge in [-0.05, 0) is 31.4 Å². The second kappa shape index (κ2) is 7.29. The van der Waals surface area contributed by atoms with Gasteiger partial charge in [-0.1, -0.05) is 37.3 Å². The number of carbonyl (C=O) groups excluding carboxylic acids is 1. The fourth-order valence-corrected chi connectivity index (χ4v) is 2.64. The first-order valence-electron chi connectivity index (χ1n) is 7.34. The Morgan fingerprint density at radius 1 is 1.37 bits per heavy atom. The largest absolute Gasteiger partial charge is 0.338 e. The number of nitrogens with one attached hydrogen (secondary N) is 1. The molecule has 1 N–H and O–H groups in total. The van der Waals surface area contributed by atoms with Crippen molar-refractivity contribution in [3.63, 3.8) is 0 Å². The van der Waals surface area contributed by atoms with Crippen molar-refractivity contribution in [2.75, 3.05) is 13.1 Å². The fraction of sp³-hybridized carbons (Fsp3) is 0.562. The normalized spacial score (nSPS) is 18.5. The molecule has 1 aliphatic rings. The molecule has 3 heteroatoms. The minimum Gasteiger partial charge on any atom is -0.338 e. The predicted molar refractivity (Wildman–Crippen MR) is 77.8 cm³/mol. The van der Waals surface area contributed by atoms with Crippen LogP contribution in [-0.2, 0) is 11.3 Å². The van der Waals surface area contributed by atoms with E-state index < -0.39 is 0 Å². The lowest BCUT2D eigenvalue weighted by molar-refractivity contribution is -0.132. The monoisotopic (exact) mass is 260 g/mol. The Kier molecular flexibility index (Phi) is 5.40. The van der Waals surface area contributed by atoms with Crippen molar-refractivity contribution in [2.45, 2.75) is 45.2 Å². The van der Waals surface area contributed by atoms with Gasteiger partial charge < -0.3 is 10.2 Å². The van der Waals surface area contributed by atoms with E-state index in [9.17, 15) is 4.79 Å². The maximum Gasteiger partial charge on any atom is 0.224 e. The summed E-state index contributed by atoms with van der Waals surface area (Å²) in [6.07, 6.45) is 3.99. The van der Waals surface area contributed by atoms with Gasteiger partial charge in [-0.2, -0.15) is 0 Å². The maximum absolute atomic E-state index is 12.4. The van der Waals surface area contributed by atoms with Crippen LogP contribution >= 0.6 is 0 Å². The first kappa shape index (κ1) is 14.1. The van der Waals surface area contributed by atoms with Crippen LogP contribution in [0.25, 0.3) is 0 Å². The third-order valence-corrected chi connectivity index (χ3v) is 3.65. The third-order valence-electron chi connectivity index (χ3n) is 3.65. The van der Waals surface area contributed by atoms with Gasteiger partial charge >= 0.3 is 0 Å². The molecule has 3 nitrogen and oxygen atoms in total. The van der Waals surface area contributed by atoms with Crippen LogP contribution in [0, 0.1) is 0 Å². The Balaban J connectivity index is 1.92. The number of rotatable bonds is 6. The highest BCUT2D eigenvalue weighted by atomic mass is 16.2. The molecule has 1 saturated heterocycles.